The molecular weight excluding hydrogens is 274 g/mol. The van der Waals surface area contributed by atoms with Crippen LogP contribution in [0, 0.1) is 0 Å². The molecule has 0 fully saturated rings. The first-order valence-corrected chi connectivity index (χ1v) is 6.80. The third-order valence-corrected chi connectivity index (χ3v) is 3.27. The van der Waals surface area contributed by atoms with Crippen molar-refractivity contribution in [3.05, 3.63) is 34.6 Å². The van der Waals surface area contributed by atoms with Crippen LogP contribution in [0.5, 0.6) is 0 Å². The third kappa shape index (κ3) is 2.10. The Bertz CT molecular complexity index is 871. The number of nitrogens with zero attached hydrogens (tertiary/aromatic N) is 3. The summed E-state index contributed by atoms with van der Waals surface area (Å²) in [4.78, 5) is 24.0. The van der Waals surface area contributed by atoms with E-state index in [0.29, 0.717) is 23.3 Å². The molecule has 0 aliphatic rings. The van der Waals surface area contributed by atoms with Gasteiger partial charge in [0.1, 0.15) is 17.9 Å². The van der Waals surface area contributed by atoms with E-state index >= 15 is 0 Å². The van der Waals surface area contributed by atoms with Crippen molar-refractivity contribution in [1.82, 2.24) is 14.2 Å². The highest BCUT2D eigenvalue weighted by Crippen LogP contribution is 2.20. The van der Waals surface area contributed by atoms with Crippen LogP contribution in [-0.4, -0.2) is 26.8 Å². The van der Waals surface area contributed by atoms with Gasteiger partial charge in [0.15, 0.2) is 5.58 Å². The normalized spacial score (nSPS) is 11.3. The third-order valence-electron chi connectivity index (χ3n) is 3.27. The van der Waals surface area contributed by atoms with Gasteiger partial charge in [0.05, 0.1) is 18.4 Å². The van der Waals surface area contributed by atoms with Gasteiger partial charge in [0.25, 0.3) is 5.56 Å². The van der Waals surface area contributed by atoms with E-state index in [1.807, 2.05) is 6.92 Å². The van der Waals surface area contributed by atoms with Crippen molar-refractivity contribution in [2.45, 2.75) is 26.8 Å². The number of ether oxygens (including phenoxy) is 1. The lowest BCUT2D eigenvalue weighted by molar-refractivity contribution is -0.144. The summed E-state index contributed by atoms with van der Waals surface area (Å²) in [5.41, 5.74) is 1.53. The number of furan rings is 1. The van der Waals surface area contributed by atoms with Gasteiger partial charge in [-0.3, -0.25) is 14.0 Å². The second-order valence-corrected chi connectivity index (χ2v) is 4.57. The molecule has 3 rings (SSSR count). The number of aryl methyl sites for hydroxylation is 1. The van der Waals surface area contributed by atoms with E-state index in [-0.39, 0.29) is 18.7 Å². The number of fused-ring (bicyclic) bond motifs is 3. The molecule has 0 spiro atoms. The zero-order chi connectivity index (χ0) is 15.0. The second kappa shape index (κ2) is 5.08. The summed E-state index contributed by atoms with van der Waals surface area (Å²) < 4.78 is 13.1. The van der Waals surface area contributed by atoms with Crippen molar-refractivity contribution in [3.63, 3.8) is 0 Å². The van der Waals surface area contributed by atoms with Gasteiger partial charge in [-0.15, -0.1) is 0 Å². The molecule has 0 bridgehead atoms. The molecule has 21 heavy (non-hydrogen) atoms. The van der Waals surface area contributed by atoms with Gasteiger partial charge in [0.2, 0.25) is 0 Å². The van der Waals surface area contributed by atoms with Crippen LogP contribution in [0.25, 0.3) is 16.6 Å². The number of carbonyl (C=O) groups excluding carboxylic acids is 1. The zero-order valence-electron chi connectivity index (χ0n) is 11.8. The maximum absolute atomic E-state index is 12.4. The van der Waals surface area contributed by atoms with E-state index < -0.39 is 5.97 Å². The minimum Gasteiger partial charge on any atom is -0.465 e. The smallest absolute Gasteiger partial charge is 0.327 e. The van der Waals surface area contributed by atoms with E-state index in [9.17, 15) is 9.59 Å². The topological polar surface area (TPSA) is 78.7 Å². The van der Waals surface area contributed by atoms with Gasteiger partial charge in [-0.2, -0.15) is 5.10 Å². The molecule has 7 nitrogen and oxygen atoms in total. The van der Waals surface area contributed by atoms with Gasteiger partial charge < -0.3 is 9.15 Å². The maximum Gasteiger partial charge on any atom is 0.327 e. The monoisotopic (exact) mass is 289 g/mol. The van der Waals surface area contributed by atoms with Crippen LogP contribution < -0.4 is 5.56 Å². The Morgan fingerprint density at radius 1 is 1.38 bits per heavy atom. The number of hydrogen-bond donors (Lipinski definition) is 0. The molecule has 0 saturated heterocycles. The largest absolute Gasteiger partial charge is 0.465 e. The Morgan fingerprint density at radius 2 is 2.19 bits per heavy atom. The molecule has 0 amide bonds. The molecule has 3 aromatic heterocycles. The van der Waals surface area contributed by atoms with Gasteiger partial charge in [0, 0.05) is 18.6 Å². The SMILES string of the molecule is CCOC(=O)Cn1nc(CC)n2c(cc3occc32)c1=O. The summed E-state index contributed by atoms with van der Waals surface area (Å²) in [6.45, 7) is 3.74. The van der Waals surface area contributed by atoms with Crippen LogP contribution >= 0.6 is 0 Å². The Hall–Kier alpha value is -2.57. The predicted molar refractivity (Wildman–Crippen MR) is 75.2 cm³/mol. The minimum atomic E-state index is -0.478. The van der Waals surface area contributed by atoms with Gasteiger partial charge in [-0.25, -0.2) is 4.68 Å². The lowest BCUT2D eigenvalue weighted by atomic mass is 10.4. The summed E-state index contributed by atoms with van der Waals surface area (Å²) in [6.07, 6.45) is 2.19. The van der Waals surface area contributed by atoms with Gasteiger partial charge in [-0.05, 0) is 6.92 Å². The Kier molecular flexibility index (Phi) is 3.25. The number of hydrogen-bond acceptors (Lipinski definition) is 5. The fraction of sp³-hybridized carbons (Fsp3) is 0.357. The average Bonchev–Trinajstić information content (AvgIpc) is 3.03. The van der Waals surface area contributed by atoms with Crippen molar-refractivity contribution < 1.29 is 13.9 Å². The van der Waals surface area contributed by atoms with Crippen LogP contribution in [0.2, 0.25) is 0 Å². The number of rotatable bonds is 4. The fourth-order valence-corrected chi connectivity index (χ4v) is 2.39. The molecule has 0 aliphatic heterocycles. The standard InChI is InChI=1S/C14H15N3O4/c1-3-12-15-16(8-13(18)20-4-2)14(19)10-7-11-9(17(10)12)5-6-21-11/h5-7H,3-4,8H2,1-2H3. The van der Waals surface area contributed by atoms with E-state index in [1.165, 1.54) is 0 Å². The highest BCUT2D eigenvalue weighted by molar-refractivity contribution is 5.82. The molecular formula is C14H15N3O4. The predicted octanol–water partition coefficient (Wildman–Crippen LogP) is 1.37. The molecule has 0 aromatic carbocycles. The summed E-state index contributed by atoms with van der Waals surface area (Å²) in [5, 5.41) is 4.27. The zero-order valence-corrected chi connectivity index (χ0v) is 11.8. The van der Waals surface area contributed by atoms with Crippen LogP contribution in [0.15, 0.2) is 27.6 Å². The van der Waals surface area contributed by atoms with E-state index in [2.05, 4.69) is 5.10 Å². The minimum absolute atomic E-state index is 0.192. The Labute approximate surface area is 119 Å². The first kappa shape index (κ1) is 13.4. The second-order valence-electron chi connectivity index (χ2n) is 4.57. The van der Waals surface area contributed by atoms with E-state index in [1.54, 1.807) is 29.7 Å². The van der Waals surface area contributed by atoms with Crippen LogP contribution in [0.1, 0.15) is 19.7 Å². The molecule has 0 unspecified atom stereocenters. The van der Waals surface area contributed by atoms with Crippen molar-refractivity contribution in [2.75, 3.05) is 6.61 Å². The molecule has 110 valence electrons. The van der Waals surface area contributed by atoms with E-state index in [0.717, 1.165) is 10.2 Å². The molecule has 3 heterocycles. The van der Waals surface area contributed by atoms with Crippen LogP contribution in [0.3, 0.4) is 0 Å². The van der Waals surface area contributed by atoms with Crippen LogP contribution in [-0.2, 0) is 22.5 Å². The first-order valence-electron chi connectivity index (χ1n) is 6.80. The lowest BCUT2D eigenvalue weighted by Crippen LogP contribution is -2.30. The molecule has 0 N–H and O–H groups in total. The highest BCUT2D eigenvalue weighted by atomic mass is 16.5. The molecule has 0 atom stereocenters. The van der Waals surface area contributed by atoms with E-state index in [4.69, 9.17) is 9.15 Å². The first-order chi connectivity index (χ1) is 10.2. The highest BCUT2D eigenvalue weighted by Gasteiger charge is 2.16. The van der Waals surface area contributed by atoms with Crippen molar-refractivity contribution in [3.8, 4) is 0 Å². The molecule has 0 radical (unpaired) electrons. The summed E-state index contributed by atoms with van der Waals surface area (Å²) >= 11 is 0. The lowest BCUT2D eigenvalue weighted by Gasteiger charge is -2.09. The fourth-order valence-electron chi connectivity index (χ4n) is 2.39. The Balaban J connectivity index is 2.21. The van der Waals surface area contributed by atoms with Crippen LogP contribution in [0.4, 0.5) is 0 Å². The quantitative estimate of drug-likeness (QED) is 0.678. The van der Waals surface area contributed by atoms with Gasteiger partial charge in [-0.1, -0.05) is 6.92 Å². The summed E-state index contributed by atoms with van der Waals surface area (Å²) in [7, 11) is 0. The summed E-state index contributed by atoms with van der Waals surface area (Å²) in [6, 6.07) is 3.46. The number of aromatic nitrogens is 3. The molecule has 7 heteroatoms. The molecule has 0 saturated carbocycles. The maximum atomic E-state index is 12.4. The van der Waals surface area contributed by atoms with Gasteiger partial charge >= 0.3 is 5.97 Å². The Morgan fingerprint density at radius 3 is 2.90 bits per heavy atom. The molecule has 3 aromatic rings. The molecule has 0 aliphatic carbocycles. The summed E-state index contributed by atoms with van der Waals surface area (Å²) in [5.74, 6) is 0.207. The van der Waals surface area contributed by atoms with Crippen molar-refractivity contribution >= 4 is 22.6 Å². The average molecular weight is 289 g/mol. The number of carbonyl (C=O) groups is 1. The van der Waals surface area contributed by atoms with Crippen molar-refractivity contribution in [2.24, 2.45) is 0 Å². The number of esters is 1. The van der Waals surface area contributed by atoms with Crippen molar-refractivity contribution in [1.29, 1.82) is 0 Å².